The molecule has 184 valence electrons. The van der Waals surface area contributed by atoms with Gasteiger partial charge in [-0.25, -0.2) is 19.6 Å². The Morgan fingerprint density at radius 1 is 1.00 bits per heavy atom. The van der Waals surface area contributed by atoms with E-state index in [1.165, 1.54) is 4.90 Å². The Hall–Kier alpha value is -0.804. The Labute approximate surface area is 267 Å². The number of aliphatic carboxylic acids is 1. The number of pyridine rings is 2. The van der Waals surface area contributed by atoms with Gasteiger partial charge in [-0.05, 0) is 69.5 Å². The summed E-state index contributed by atoms with van der Waals surface area (Å²) in [6.07, 6.45) is 3.18. The van der Waals surface area contributed by atoms with Gasteiger partial charge in [-0.2, -0.15) is 0 Å². The molecule has 14 heteroatoms. The number of ether oxygens (including phenoxy) is 2. The van der Waals surface area contributed by atoms with Crippen molar-refractivity contribution in [3.05, 3.63) is 45.6 Å². The SMILES string of the molecule is CC(=O)[O-].CCC1CN(c2ccc(Br)cn2)C(=O)O1.O=C1OC(CCl)CN1c1ccc(Br)cn1.[K+]. The number of alkyl halides is 1. The Bertz CT molecular complexity index is 909. The molecule has 0 spiro atoms. The summed E-state index contributed by atoms with van der Waals surface area (Å²) < 4.78 is 11.9. The third-order valence-corrected chi connectivity index (χ3v) is 5.63. The van der Waals surface area contributed by atoms with E-state index in [-0.39, 0.29) is 69.7 Å². The van der Waals surface area contributed by atoms with Crippen LogP contribution in [0.25, 0.3) is 0 Å². The molecule has 0 saturated carbocycles. The molecule has 0 N–H and O–H groups in total. The summed E-state index contributed by atoms with van der Waals surface area (Å²) in [6.45, 7) is 4.01. The molecule has 0 bridgehead atoms. The van der Waals surface area contributed by atoms with Crippen molar-refractivity contribution in [2.24, 2.45) is 0 Å². The largest absolute Gasteiger partial charge is 1.00 e. The van der Waals surface area contributed by atoms with Crippen LogP contribution in [0.4, 0.5) is 21.2 Å². The fourth-order valence-electron chi connectivity index (χ4n) is 2.77. The average molecular weight is 661 g/mol. The van der Waals surface area contributed by atoms with Crippen LogP contribution in [0.15, 0.2) is 45.6 Å². The Morgan fingerprint density at radius 3 is 1.69 bits per heavy atom. The van der Waals surface area contributed by atoms with E-state index in [1.807, 2.05) is 19.1 Å². The number of rotatable bonds is 4. The number of cyclic esters (lactones) is 2. The summed E-state index contributed by atoms with van der Waals surface area (Å²) >= 11 is 12.2. The molecule has 35 heavy (non-hydrogen) atoms. The van der Waals surface area contributed by atoms with Gasteiger partial charge >= 0.3 is 63.6 Å². The Kier molecular flexibility index (Phi) is 14.8. The zero-order valence-corrected chi connectivity index (χ0v) is 26.4. The summed E-state index contributed by atoms with van der Waals surface area (Å²) in [5, 5.41) is 8.89. The molecule has 10 nitrogen and oxygen atoms in total. The van der Waals surface area contributed by atoms with E-state index < -0.39 is 12.1 Å². The normalized spacial score (nSPS) is 18.3. The van der Waals surface area contributed by atoms with E-state index in [2.05, 4.69) is 41.8 Å². The maximum absolute atomic E-state index is 11.5. The Morgan fingerprint density at radius 2 is 1.40 bits per heavy atom. The number of amides is 2. The van der Waals surface area contributed by atoms with Gasteiger partial charge < -0.3 is 19.4 Å². The minimum Gasteiger partial charge on any atom is -0.550 e. The van der Waals surface area contributed by atoms with Crippen molar-refractivity contribution in [2.45, 2.75) is 32.5 Å². The second-order valence-corrected chi connectivity index (χ2v) is 9.10. The van der Waals surface area contributed by atoms with Crippen molar-refractivity contribution < 1.29 is 80.3 Å². The van der Waals surface area contributed by atoms with Crippen LogP contribution >= 0.6 is 43.5 Å². The van der Waals surface area contributed by atoms with E-state index in [4.69, 9.17) is 31.0 Å². The standard InChI is InChI=1S/C10H11BrN2O2.C9H8BrClN2O2.C2H4O2.K/c1-2-8-6-13(10(14)15-8)9-4-3-7(11)5-12-9;10-6-1-2-8(12-4-6)13-5-7(3-11)15-9(13)14;1-2(3)4;/h3-5,8H,2,6H2,1H3;1-2,4,7H,3,5H2;1H3,(H,3,4);/q;;;+1/p-1. The molecular weight excluding hydrogens is 639 g/mol. The van der Waals surface area contributed by atoms with Crippen molar-refractivity contribution >= 4 is 73.3 Å². The van der Waals surface area contributed by atoms with Crippen LogP contribution in [-0.4, -0.2) is 59.3 Å². The van der Waals surface area contributed by atoms with Crippen molar-refractivity contribution in [3.8, 4) is 0 Å². The first-order valence-electron chi connectivity index (χ1n) is 10.1. The number of anilines is 2. The number of carbonyl (C=O) groups excluding carboxylic acids is 3. The van der Waals surface area contributed by atoms with Gasteiger partial charge in [-0.3, -0.25) is 9.80 Å². The van der Waals surface area contributed by atoms with Crippen LogP contribution in [-0.2, 0) is 14.3 Å². The van der Waals surface area contributed by atoms with E-state index in [9.17, 15) is 9.59 Å². The van der Waals surface area contributed by atoms with Crippen LogP contribution in [0, 0.1) is 0 Å². The van der Waals surface area contributed by atoms with Gasteiger partial charge in [0.05, 0.1) is 19.0 Å². The van der Waals surface area contributed by atoms with Gasteiger partial charge in [0.15, 0.2) is 0 Å². The van der Waals surface area contributed by atoms with E-state index >= 15 is 0 Å². The first-order chi connectivity index (χ1) is 16.1. The molecule has 2 aromatic rings. The molecule has 2 unspecified atom stereocenters. The van der Waals surface area contributed by atoms with Crippen molar-refractivity contribution in [3.63, 3.8) is 0 Å². The van der Waals surface area contributed by atoms with Crippen molar-refractivity contribution in [1.82, 2.24) is 9.97 Å². The first-order valence-corrected chi connectivity index (χ1v) is 12.2. The first kappa shape index (κ1) is 32.2. The van der Waals surface area contributed by atoms with Gasteiger partial charge in [0.25, 0.3) is 0 Å². The Balaban J connectivity index is 0.000000297. The van der Waals surface area contributed by atoms with Crippen molar-refractivity contribution in [2.75, 3.05) is 28.8 Å². The monoisotopic (exact) mass is 658 g/mol. The van der Waals surface area contributed by atoms with Crippen LogP contribution < -0.4 is 66.3 Å². The summed E-state index contributed by atoms with van der Waals surface area (Å²) in [6, 6.07) is 7.23. The third kappa shape index (κ3) is 10.6. The van der Waals surface area contributed by atoms with Crippen molar-refractivity contribution in [1.29, 1.82) is 0 Å². The quantitative estimate of drug-likeness (QED) is 0.348. The number of hydrogen-bond acceptors (Lipinski definition) is 8. The summed E-state index contributed by atoms with van der Waals surface area (Å²) in [5.74, 6) is 0.439. The fraction of sp³-hybridized carbons (Fsp3) is 0.381. The molecular formula is C21H22Br2ClKN4O6. The third-order valence-electron chi connectivity index (χ3n) is 4.35. The maximum Gasteiger partial charge on any atom is 1.00 e. The van der Waals surface area contributed by atoms with Gasteiger partial charge in [0, 0.05) is 27.3 Å². The maximum atomic E-state index is 11.5. The minimum absolute atomic E-state index is 0. The molecule has 0 aliphatic carbocycles. The number of carboxylic acid groups (broad SMARTS) is 1. The molecule has 2 amide bonds. The van der Waals surface area contributed by atoms with Crippen LogP contribution in [0.1, 0.15) is 20.3 Å². The number of carbonyl (C=O) groups is 3. The zero-order chi connectivity index (χ0) is 25.3. The van der Waals surface area contributed by atoms with Gasteiger partial charge in [0.2, 0.25) is 0 Å². The number of nitrogens with zero attached hydrogens (tertiary/aromatic N) is 4. The predicted octanol–water partition coefficient (Wildman–Crippen LogP) is 0.748. The molecule has 2 atom stereocenters. The molecule has 2 aromatic heterocycles. The smallest absolute Gasteiger partial charge is 0.550 e. The average Bonchev–Trinajstić information content (AvgIpc) is 3.37. The fourth-order valence-corrected chi connectivity index (χ4v) is 3.40. The molecule has 2 saturated heterocycles. The molecule has 2 aliphatic heterocycles. The van der Waals surface area contributed by atoms with Crippen LogP contribution in [0.2, 0.25) is 0 Å². The summed E-state index contributed by atoms with van der Waals surface area (Å²) in [4.78, 5) is 43.1. The van der Waals surface area contributed by atoms with E-state index in [0.29, 0.717) is 30.6 Å². The van der Waals surface area contributed by atoms with E-state index in [0.717, 1.165) is 22.3 Å². The zero-order valence-electron chi connectivity index (χ0n) is 19.3. The summed E-state index contributed by atoms with van der Waals surface area (Å²) in [5.41, 5.74) is 0. The van der Waals surface area contributed by atoms with Gasteiger partial charge in [0.1, 0.15) is 23.8 Å². The number of aromatic nitrogens is 2. The molecule has 2 fully saturated rings. The van der Waals surface area contributed by atoms with Crippen LogP contribution in [0.3, 0.4) is 0 Å². The van der Waals surface area contributed by atoms with Gasteiger partial charge in [-0.15, -0.1) is 11.6 Å². The summed E-state index contributed by atoms with van der Waals surface area (Å²) in [7, 11) is 0. The number of hydrogen-bond donors (Lipinski definition) is 0. The molecule has 4 rings (SSSR count). The number of halogens is 3. The van der Waals surface area contributed by atoms with E-state index in [1.54, 1.807) is 29.4 Å². The molecule has 2 aliphatic rings. The van der Waals surface area contributed by atoms with Gasteiger partial charge in [-0.1, -0.05) is 6.92 Å². The molecule has 0 radical (unpaired) electrons. The van der Waals surface area contributed by atoms with Crippen LogP contribution in [0.5, 0.6) is 0 Å². The number of carboxylic acids is 1. The topological polar surface area (TPSA) is 125 Å². The minimum atomic E-state index is -1.08. The molecule has 0 aromatic carbocycles. The predicted molar refractivity (Wildman–Crippen MR) is 131 cm³/mol. The second kappa shape index (κ2) is 16.1. The second-order valence-electron chi connectivity index (χ2n) is 6.96. The molecule has 4 heterocycles.